The molecule has 0 N–H and O–H groups in total. The molecule has 0 aliphatic heterocycles. The molecule has 120 valence electrons. The Hall–Kier alpha value is -2.30. The van der Waals surface area contributed by atoms with Crippen LogP contribution in [0, 0.1) is 0 Å². The lowest BCUT2D eigenvalue weighted by atomic mass is 10.2. The Balaban J connectivity index is 2.27. The summed E-state index contributed by atoms with van der Waals surface area (Å²) in [6.45, 7) is 2.47. The highest BCUT2D eigenvalue weighted by Crippen LogP contribution is 2.15. The van der Waals surface area contributed by atoms with Crippen molar-refractivity contribution in [2.45, 2.75) is 26.2 Å². The van der Waals surface area contributed by atoms with Gasteiger partial charge in [0.25, 0.3) is 0 Å². The molecule has 1 aromatic rings. The van der Waals surface area contributed by atoms with Gasteiger partial charge in [0, 0.05) is 13.0 Å². The van der Waals surface area contributed by atoms with E-state index in [0.717, 1.165) is 30.6 Å². The van der Waals surface area contributed by atoms with E-state index in [2.05, 4.69) is 4.74 Å². The predicted octanol–water partition coefficient (Wildman–Crippen LogP) is 2.99. The number of hydrogen-bond donors (Lipinski definition) is 0. The number of carbonyl (C=O) groups is 2. The number of hydrogen-bond acceptors (Lipinski definition) is 5. The maximum absolute atomic E-state index is 11.0. The van der Waals surface area contributed by atoms with Crippen LogP contribution < -0.4 is 4.74 Å². The van der Waals surface area contributed by atoms with E-state index in [9.17, 15) is 9.59 Å². The van der Waals surface area contributed by atoms with Crippen LogP contribution in [-0.4, -0.2) is 32.3 Å². The van der Waals surface area contributed by atoms with E-state index < -0.39 is 0 Å². The number of rotatable bonds is 9. The van der Waals surface area contributed by atoms with E-state index in [1.54, 1.807) is 6.08 Å². The highest BCUT2D eigenvalue weighted by atomic mass is 16.5. The minimum Gasteiger partial charge on any atom is -0.494 e. The lowest BCUT2D eigenvalue weighted by Crippen LogP contribution is -2.02. The summed E-state index contributed by atoms with van der Waals surface area (Å²) in [7, 11) is 1.34. The van der Waals surface area contributed by atoms with Crippen molar-refractivity contribution < 1.29 is 23.8 Å². The van der Waals surface area contributed by atoms with Crippen molar-refractivity contribution in [3.8, 4) is 5.75 Å². The smallest absolute Gasteiger partial charge is 0.330 e. The number of unbranched alkanes of at least 4 members (excludes halogenated alkanes) is 2. The zero-order valence-corrected chi connectivity index (χ0v) is 13.0. The van der Waals surface area contributed by atoms with Gasteiger partial charge in [-0.3, -0.25) is 4.79 Å². The third-order valence-electron chi connectivity index (χ3n) is 2.83. The van der Waals surface area contributed by atoms with Gasteiger partial charge in [0.2, 0.25) is 0 Å². The van der Waals surface area contributed by atoms with E-state index in [1.165, 1.54) is 20.1 Å². The van der Waals surface area contributed by atoms with Crippen LogP contribution in [0.25, 0.3) is 6.08 Å². The van der Waals surface area contributed by atoms with E-state index in [-0.39, 0.29) is 11.9 Å². The van der Waals surface area contributed by atoms with Crippen molar-refractivity contribution in [2.24, 2.45) is 0 Å². The Morgan fingerprint density at radius 1 is 1.14 bits per heavy atom. The molecule has 0 aliphatic rings. The quantitative estimate of drug-likeness (QED) is 0.399. The fourth-order valence-corrected chi connectivity index (χ4v) is 1.73. The van der Waals surface area contributed by atoms with Crippen LogP contribution >= 0.6 is 0 Å². The highest BCUT2D eigenvalue weighted by Gasteiger charge is 1.98. The molecule has 0 fully saturated rings. The zero-order valence-electron chi connectivity index (χ0n) is 13.0. The number of benzene rings is 1. The molecule has 0 aromatic heterocycles. The zero-order chi connectivity index (χ0) is 16.2. The van der Waals surface area contributed by atoms with Crippen LogP contribution in [0.2, 0.25) is 0 Å². The second-order valence-corrected chi connectivity index (χ2v) is 4.68. The normalized spacial score (nSPS) is 10.5. The minimum absolute atomic E-state index is 0.243. The molecule has 0 atom stereocenters. The van der Waals surface area contributed by atoms with Gasteiger partial charge in [-0.15, -0.1) is 0 Å². The average Bonchev–Trinajstić information content (AvgIpc) is 2.51. The first-order chi connectivity index (χ1) is 10.6. The van der Waals surface area contributed by atoms with Crippen molar-refractivity contribution in [2.75, 3.05) is 20.3 Å². The van der Waals surface area contributed by atoms with Crippen molar-refractivity contribution in [1.82, 2.24) is 0 Å². The van der Waals surface area contributed by atoms with Gasteiger partial charge in [0.1, 0.15) is 5.75 Å². The van der Waals surface area contributed by atoms with Gasteiger partial charge in [0.05, 0.1) is 20.3 Å². The van der Waals surface area contributed by atoms with E-state index >= 15 is 0 Å². The molecule has 0 amide bonds. The molecule has 0 spiro atoms. The summed E-state index contributed by atoms with van der Waals surface area (Å²) >= 11 is 0. The molecule has 0 heterocycles. The number of carbonyl (C=O) groups excluding carboxylic acids is 2. The molecule has 5 heteroatoms. The van der Waals surface area contributed by atoms with Gasteiger partial charge in [-0.05, 0) is 43.0 Å². The molecular weight excluding hydrogens is 284 g/mol. The van der Waals surface area contributed by atoms with Gasteiger partial charge < -0.3 is 14.2 Å². The Bertz CT molecular complexity index is 508. The maximum Gasteiger partial charge on any atom is 0.330 e. The monoisotopic (exact) mass is 306 g/mol. The van der Waals surface area contributed by atoms with Crippen LogP contribution in [0.15, 0.2) is 30.3 Å². The molecule has 1 rings (SSSR count). The van der Waals surface area contributed by atoms with Crippen LogP contribution in [0.1, 0.15) is 31.7 Å². The van der Waals surface area contributed by atoms with E-state index in [4.69, 9.17) is 9.47 Å². The summed E-state index contributed by atoms with van der Waals surface area (Å²) in [5.41, 5.74) is 0.873. The Kier molecular flexibility index (Phi) is 8.42. The molecule has 0 unspecified atom stereocenters. The van der Waals surface area contributed by atoms with Crippen molar-refractivity contribution in [3.05, 3.63) is 35.9 Å². The number of esters is 2. The summed E-state index contributed by atoms with van der Waals surface area (Å²) in [5, 5.41) is 0. The van der Waals surface area contributed by atoms with Crippen LogP contribution in [0.4, 0.5) is 0 Å². The fraction of sp³-hybridized carbons (Fsp3) is 0.412. The van der Waals surface area contributed by atoms with Crippen LogP contribution in [0.3, 0.4) is 0 Å². The first kappa shape index (κ1) is 17.8. The topological polar surface area (TPSA) is 61.8 Å². The summed E-state index contributed by atoms with van der Waals surface area (Å²) in [4.78, 5) is 21.6. The van der Waals surface area contributed by atoms with Crippen molar-refractivity contribution >= 4 is 18.0 Å². The molecule has 0 saturated carbocycles. The number of methoxy groups -OCH3 is 1. The lowest BCUT2D eigenvalue weighted by molar-refractivity contribution is -0.141. The van der Waals surface area contributed by atoms with Gasteiger partial charge >= 0.3 is 11.9 Å². The standard InChI is InChI=1S/C17H22O5/c1-14(18)21-11-4-3-5-12-22-16-8-6-7-15(13-16)9-10-17(19)20-2/h6-10,13H,3-5,11-12H2,1-2H3. The van der Waals surface area contributed by atoms with Gasteiger partial charge in [-0.1, -0.05) is 12.1 Å². The summed E-state index contributed by atoms with van der Waals surface area (Å²) in [6, 6.07) is 7.48. The first-order valence-corrected chi connectivity index (χ1v) is 7.24. The average molecular weight is 306 g/mol. The maximum atomic E-state index is 11.0. The van der Waals surface area contributed by atoms with Gasteiger partial charge in [-0.25, -0.2) is 4.79 Å². The highest BCUT2D eigenvalue weighted by molar-refractivity contribution is 5.86. The lowest BCUT2D eigenvalue weighted by Gasteiger charge is -2.07. The number of ether oxygens (including phenoxy) is 3. The van der Waals surface area contributed by atoms with Crippen molar-refractivity contribution in [1.29, 1.82) is 0 Å². The van der Waals surface area contributed by atoms with Crippen molar-refractivity contribution in [3.63, 3.8) is 0 Å². The summed E-state index contributed by atoms with van der Waals surface area (Å²) < 4.78 is 15.0. The minimum atomic E-state index is -0.390. The third kappa shape index (κ3) is 8.09. The predicted molar refractivity (Wildman–Crippen MR) is 83.5 cm³/mol. The van der Waals surface area contributed by atoms with Crippen LogP contribution in [0.5, 0.6) is 5.75 Å². The molecule has 0 aliphatic carbocycles. The second kappa shape index (κ2) is 10.4. The third-order valence-corrected chi connectivity index (χ3v) is 2.83. The molecule has 22 heavy (non-hydrogen) atoms. The van der Waals surface area contributed by atoms with Gasteiger partial charge in [0.15, 0.2) is 0 Å². The molecule has 0 bridgehead atoms. The fourth-order valence-electron chi connectivity index (χ4n) is 1.73. The second-order valence-electron chi connectivity index (χ2n) is 4.68. The molecule has 0 radical (unpaired) electrons. The summed E-state index contributed by atoms with van der Waals surface area (Å²) in [5.74, 6) is 0.124. The summed E-state index contributed by atoms with van der Waals surface area (Å²) in [6.07, 6.45) is 5.72. The molecular formula is C17H22O5. The first-order valence-electron chi connectivity index (χ1n) is 7.24. The Labute approximate surface area is 130 Å². The van der Waals surface area contributed by atoms with Crippen LogP contribution in [-0.2, 0) is 19.1 Å². The molecule has 0 saturated heterocycles. The molecule has 1 aromatic carbocycles. The van der Waals surface area contributed by atoms with E-state index in [1.807, 2.05) is 24.3 Å². The Morgan fingerprint density at radius 3 is 2.64 bits per heavy atom. The van der Waals surface area contributed by atoms with E-state index in [0.29, 0.717) is 13.2 Å². The molecule has 5 nitrogen and oxygen atoms in total. The Morgan fingerprint density at radius 2 is 1.91 bits per heavy atom. The van der Waals surface area contributed by atoms with Gasteiger partial charge in [-0.2, -0.15) is 0 Å². The largest absolute Gasteiger partial charge is 0.494 e. The SMILES string of the molecule is COC(=O)C=Cc1cccc(OCCCCCOC(C)=O)c1.